The van der Waals surface area contributed by atoms with Gasteiger partial charge in [-0.25, -0.2) is 5.39 Å². The maximum Gasteiger partial charge on any atom is 0.385 e. The van der Waals surface area contributed by atoms with Crippen LogP contribution < -0.4 is 5.39 Å². The Bertz CT molecular complexity index is 241. The summed E-state index contributed by atoms with van der Waals surface area (Å²) in [6.07, 6.45) is 0. The van der Waals surface area contributed by atoms with Crippen LogP contribution in [0.25, 0.3) is 0 Å². The molecule has 0 fully saturated rings. The molecule has 0 saturated heterocycles. The maximum absolute atomic E-state index is 9.92. The van der Waals surface area contributed by atoms with Crippen LogP contribution in [0.1, 0.15) is 55.4 Å². The topological polar surface area (TPSA) is 50.7 Å². The summed E-state index contributed by atoms with van der Waals surface area (Å²) in [4.78, 5) is 5.47. The normalized spacial score (nSPS) is 14.8. The molecular formula is C12H29BNO3P. The molecule has 0 amide bonds. The highest BCUT2D eigenvalue weighted by molar-refractivity contribution is 7.19. The summed E-state index contributed by atoms with van der Waals surface area (Å²) >= 11 is 0. The summed E-state index contributed by atoms with van der Waals surface area (Å²) in [6, 6.07) is 0. The lowest BCUT2D eigenvalue weighted by Crippen LogP contribution is -2.52. The Hall–Kier alpha value is 0.335. The average molecular weight is 277 g/mol. The van der Waals surface area contributed by atoms with E-state index in [2.05, 4.69) is 28.5 Å². The van der Waals surface area contributed by atoms with Gasteiger partial charge in [0, 0.05) is 5.16 Å². The Kier molecular flexibility index (Phi) is 5.87. The van der Waals surface area contributed by atoms with Crippen LogP contribution in [0, 0.1) is 0 Å². The van der Waals surface area contributed by atoms with Crippen molar-refractivity contribution in [2.45, 2.75) is 77.3 Å². The minimum Gasteiger partial charge on any atom is -0.417 e. The SMILES string of the molecule is CC(C)(O)C(C)(C)ONBOC(C)(C)C(C)(C)P. The van der Waals surface area contributed by atoms with Gasteiger partial charge >= 0.3 is 7.62 Å². The fourth-order valence-corrected chi connectivity index (χ4v) is 0.814. The molecule has 0 aliphatic carbocycles. The van der Waals surface area contributed by atoms with Crippen molar-refractivity contribution in [1.82, 2.24) is 5.39 Å². The van der Waals surface area contributed by atoms with Crippen molar-refractivity contribution in [3.63, 3.8) is 0 Å². The molecule has 0 aliphatic heterocycles. The van der Waals surface area contributed by atoms with Gasteiger partial charge in [-0.2, -0.15) is 0 Å². The van der Waals surface area contributed by atoms with Crippen LogP contribution in [0.3, 0.4) is 0 Å². The second kappa shape index (κ2) is 5.76. The van der Waals surface area contributed by atoms with Gasteiger partial charge < -0.3 is 14.6 Å². The summed E-state index contributed by atoms with van der Waals surface area (Å²) in [5.41, 5.74) is -1.93. The quantitative estimate of drug-likeness (QED) is 0.322. The summed E-state index contributed by atoms with van der Waals surface area (Å²) in [5.74, 6) is 0. The van der Waals surface area contributed by atoms with Crippen LogP contribution in [0.4, 0.5) is 0 Å². The molecule has 0 aromatic heterocycles. The second-order valence-corrected chi connectivity index (χ2v) is 8.28. The molecule has 0 rings (SSSR count). The van der Waals surface area contributed by atoms with Gasteiger partial charge in [-0.05, 0) is 41.5 Å². The van der Waals surface area contributed by atoms with E-state index in [0.717, 1.165) is 0 Å². The summed E-state index contributed by atoms with van der Waals surface area (Å²) in [7, 11) is 3.05. The zero-order chi connectivity index (χ0) is 14.8. The van der Waals surface area contributed by atoms with Gasteiger partial charge in [-0.3, -0.25) is 0 Å². The summed E-state index contributed by atoms with van der Waals surface area (Å²) in [6.45, 7) is 15.3. The molecule has 0 heterocycles. The van der Waals surface area contributed by atoms with Crippen LogP contribution in [-0.4, -0.2) is 34.7 Å². The Labute approximate surface area is 115 Å². The zero-order valence-electron chi connectivity index (χ0n) is 13.0. The predicted molar refractivity (Wildman–Crippen MR) is 80.7 cm³/mol. The molecule has 0 aliphatic rings. The summed E-state index contributed by atoms with van der Waals surface area (Å²) < 4.78 is 5.76. The number of nitrogens with one attached hydrogen (secondary N) is 1. The van der Waals surface area contributed by atoms with Crippen molar-refractivity contribution in [2.75, 3.05) is 0 Å². The van der Waals surface area contributed by atoms with Crippen LogP contribution in [0.2, 0.25) is 0 Å². The van der Waals surface area contributed by atoms with Gasteiger partial charge in [0.1, 0.15) is 5.60 Å². The van der Waals surface area contributed by atoms with Gasteiger partial charge in [0.15, 0.2) is 0 Å². The van der Waals surface area contributed by atoms with E-state index in [1.165, 1.54) is 0 Å². The van der Waals surface area contributed by atoms with Gasteiger partial charge in [0.25, 0.3) is 0 Å². The van der Waals surface area contributed by atoms with Crippen LogP contribution in [0.15, 0.2) is 0 Å². The van der Waals surface area contributed by atoms with Gasteiger partial charge in [0.2, 0.25) is 0 Å². The molecule has 0 aromatic carbocycles. The van der Waals surface area contributed by atoms with E-state index in [1.807, 2.05) is 27.7 Å². The number of hydrogen-bond donors (Lipinski definition) is 2. The van der Waals surface area contributed by atoms with Crippen molar-refractivity contribution < 1.29 is 14.6 Å². The van der Waals surface area contributed by atoms with E-state index in [9.17, 15) is 5.11 Å². The Balaban J connectivity index is 4.17. The molecule has 0 saturated carbocycles. The molecule has 6 heteroatoms. The largest absolute Gasteiger partial charge is 0.417 e. The lowest BCUT2D eigenvalue weighted by atomic mass is 9.90. The van der Waals surface area contributed by atoms with E-state index in [0.29, 0.717) is 0 Å². The van der Waals surface area contributed by atoms with Crippen LogP contribution in [-0.2, 0) is 9.49 Å². The Morgan fingerprint density at radius 3 is 1.72 bits per heavy atom. The molecular weight excluding hydrogens is 248 g/mol. The summed E-state index contributed by atoms with van der Waals surface area (Å²) in [5, 5.41) is 12.7. The van der Waals surface area contributed by atoms with Crippen molar-refractivity contribution in [3.8, 4) is 0 Å². The molecule has 2 N–H and O–H groups in total. The number of hydrogen-bond acceptors (Lipinski definition) is 4. The van der Waals surface area contributed by atoms with Gasteiger partial charge in [-0.1, -0.05) is 13.8 Å². The highest BCUT2D eigenvalue weighted by Crippen LogP contribution is 2.33. The number of aliphatic hydroxyl groups is 1. The van der Waals surface area contributed by atoms with Gasteiger partial charge in [0.05, 0.1) is 11.2 Å². The van der Waals surface area contributed by atoms with Crippen molar-refractivity contribution in [3.05, 3.63) is 0 Å². The van der Waals surface area contributed by atoms with Crippen LogP contribution in [0.5, 0.6) is 0 Å². The highest BCUT2D eigenvalue weighted by atomic mass is 31.0. The van der Waals surface area contributed by atoms with Crippen molar-refractivity contribution in [1.29, 1.82) is 0 Å². The standard InChI is InChI=1S/C12H29BNO3P/c1-9(2,15)10(3,4)17-14-13-16-11(5,6)12(7,8)18/h13-15H,18H2,1-8H3. The molecule has 1 atom stereocenters. The zero-order valence-corrected chi connectivity index (χ0v) is 14.2. The van der Waals surface area contributed by atoms with E-state index >= 15 is 0 Å². The third kappa shape index (κ3) is 5.14. The van der Waals surface area contributed by atoms with E-state index in [4.69, 9.17) is 9.49 Å². The van der Waals surface area contributed by atoms with Crippen LogP contribution >= 0.6 is 9.24 Å². The first-order valence-electron chi connectivity index (χ1n) is 6.27. The third-order valence-electron chi connectivity index (χ3n) is 3.84. The lowest BCUT2D eigenvalue weighted by Gasteiger charge is -2.40. The monoisotopic (exact) mass is 277 g/mol. The predicted octanol–water partition coefficient (Wildman–Crippen LogP) is 1.77. The van der Waals surface area contributed by atoms with E-state index < -0.39 is 11.2 Å². The maximum atomic E-state index is 9.92. The molecule has 18 heavy (non-hydrogen) atoms. The molecule has 1 unspecified atom stereocenters. The average Bonchev–Trinajstić information content (AvgIpc) is 2.08. The minimum absolute atomic E-state index is 0.0412. The molecule has 0 bridgehead atoms. The smallest absolute Gasteiger partial charge is 0.385 e. The molecule has 0 radical (unpaired) electrons. The lowest BCUT2D eigenvalue weighted by molar-refractivity contribution is -0.169. The van der Waals surface area contributed by atoms with Crippen molar-refractivity contribution >= 4 is 16.9 Å². The van der Waals surface area contributed by atoms with Gasteiger partial charge in [-0.15, -0.1) is 9.24 Å². The molecule has 4 nitrogen and oxygen atoms in total. The first-order chi connectivity index (χ1) is 7.71. The minimum atomic E-state index is -0.935. The Morgan fingerprint density at radius 2 is 1.39 bits per heavy atom. The first-order valence-corrected chi connectivity index (χ1v) is 6.84. The molecule has 108 valence electrons. The van der Waals surface area contributed by atoms with E-state index in [1.54, 1.807) is 13.8 Å². The number of rotatable bonds is 7. The second-order valence-electron chi connectivity index (χ2n) is 6.84. The molecule has 0 aromatic rings. The Morgan fingerprint density at radius 1 is 0.944 bits per heavy atom. The van der Waals surface area contributed by atoms with E-state index in [-0.39, 0.29) is 18.4 Å². The highest BCUT2D eigenvalue weighted by Gasteiger charge is 2.37. The molecule has 0 spiro atoms. The van der Waals surface area contributed by atoms with Crippen molar-refractivity contribution in [2.24, 2.45) is 0 Å². The third-order valence-corrected chi connectivity index (χ3v) is 4.54. The fourth-order valence-electron chi connectivity index (χ4n) is 0.731. The fraction of sp³-hybridized carbons (Fsp3) is 1.00. The first kappa shape index (κ1) is 18.3.